The van der Waals surface area contributed by atoms with Crippen molar-refractivity contribution < 1.29 is 4.79 Å². The SMILES string of the molecule is CCN(CC)C(=O)CCCSc1nnc(-c2ccc(Cl)cc2)n1-c1ccccc1. The number of aromatic nitrogens is 3. The quantitative estimate of drug-likeness (QED) is 0.341. The molecular weight excluding hydrogens is 404 g/mol. The molecule has 0 aliphatic carbocycles. The van der Waals surface area contributed by atoms with Gasteiger partial charge in [0.1, 0.15) is 0 Å². The van der Waals surface area contributed by atoms with E-state index in [2.05, 4.69) is 14.8 Å². The molecule has 3 rings (SSSR count). The van der Waals surface area contributed by atoms with Gasteiger partial charge in [-0.2, -0.15) is 0 Å². The standard InChI is InChI=1S/C22H25ClN4OS/c1-3-26(4-2)20(28)11-8-16-29-22-25-24-21(17-12-14-18(23)15-13-17)27(22)19-9-6-5-7-10-19/h5-7,9-10,12-15H,3-4,8,11,16H2,1-2H3. The van der Waals surface area contributed by atoms with Crippen molar-refractivity contribution in [3.63, 3.8) is 0 Å². The summed E-state index contributed by atoms with van der Waals surface area (Å²) < 4.78 is 2.06. The maximum absolute atomic E-state index is 12.2. The van der Waals surface area contributed by atoms with E-state index in [0.717, 1.165) is 47.5 Å². The molecule has 0 aliphatic rings. The van der Waals surface area contributed by atoms with E-state index in [1.54, 1.807) is 11.8 Å². The Hall–Kier alpha value is -2.31. The predicted octanol–water partition coefficient (Wildman–Crippen LogP) is 5.33. The number of para-hydroxylation sites is 1. The van der Waals surface area contributed by atoms with E-state index >= 15 is 0 Å². The Morgan fingerprint density at radius 2 is 1.72 bits per heavy atom. The predicted molar refractivity (Wildman–Crippen MR) is 120 cm³/mol. The summed E-state index contributed by atoms with van der Waals surface area (Å²) in [5.41, 5.74) is 1.96. The van der Waals surface area contributed by atoms with Crippen molar-refractivity contribution in [3.05, 3.63) is 59.6 Å². The fraction of sp³-hybridized carbons (Fsp3) is 0.318. The van der Waals surface area contributed by atoms with Gasteiger partial charge in [-0.25, -0.2) is 0 Å². The molecule has 1 heterocycles. The lowest BCUT2D eigenvalue weighted by molar-refractivity contribution is -0.130. The molecule has 0 aliphatic heterocycles. The highest BCUT2D eigenvalue weighted by Crippen LogP contribution is 2.29. The smallest absolute Gasteiger partial charge is 0.222 e. The molecule has 0 saturated carbocycles. The Bertz CT molecular complexity index is 924. The van der Waals surface area contributed by atoms with Crippen LogP contribution in [0.25, 0.3) is 17.1 Å². The Morgan fingerprint density at radius 1 is 1.03 bits per heavy atom. The summed E-state index contributed by atoms with van der Waals surface area (Å²) in [6, 6.07) is 17.7. The third-order valence-electron chi connectivity index (χ3n) is 4.63. The van der Waals surface area contributed by atoms with Gasteiger partial charge in [-0.05, 0) is 56.7 Å². The molecule has 29 heavy (non-hydrogen) atoms. The average Bonchev–Trinajstić information content (AvgIpc) is 3.17. The first kappa shape index (κ1) is 21.4. The molecule has 1 aromatic heterocycles. The first-order valence-corrected chi connectivity index (χ1v) is 11.2. The highest BCUT2D eigenvalue weighted by molar-refractivity contribution is 7.99. The van der Waals surface area contributed by atoms with Crippen molar-refractivity contribution in [1.82, 2.24) is 19.7 Å². The molecule has 0 spiro atoms. The summed E-state index contributed by atoms with van der Waals surface area (Å²) >= 11 is 7.66. The van der Waals surface area contributed by atoms with Crippen LogP contribution < -0.4 is 0 Å². The fourth-order valence-corrected chi connectivity index (χ4v) is 4.10. The first-order chi connectivity index (χ1) is 14.1. The molecule has 0 N–H and O–H groups in total. The summed E-state index contributed by atoms with van der Waals surface area (Å²) in [5, 5.41) is 10.4. The summed E-state index contributed by atoms with van der Waals surface area (Å²) in [5.74, 6) is 1.79. The molecule has 0 radical (unpaired) electrons. The number of carbonyl (C=O) groups excluding carboxylic acids is 1. The van der Waals surface area contributed by atoms with E-state index < -0.39 is 0 Å². The Kier molecular flexibility index (Phi) is 7.72. The van der Waals surface area contributed by atoms with Crippen LogP contribution in [0.4, 0.5) is 0 Å². The van der Waals surface area contributed by atoms with Crippen LogP contribution in [0.15, 0.2) is 59.8 Å². The number of hydrogen-bond acceptors (Lipinski definition) is 4. The number of carbonyl (C=O) groups is 1. The molecule has 0 saturated heterocycles. The van der Waals surface area contributed by atoms with Crippen LogP contribution in [-0.2, 0) is 4.79 Å². The molecule has 152 valence electrons. The maximum atomic E-state index is 12.2. The largest absolute Gasteiger partial charge is 0.343 e. The lowest BCUT2D eigenvalue weighted by Crippen LogP contribution is -2.30. The molecular formula is C22H25ClN4OS. The lowest BCUT2D eigenvalue weighted by atomic mass is 10.2. The monoisotopic (exact) mass is 428 g/mol. The minimum Gasteiger partial charge on any atom is -0.343 e. The zero-order chi connectivity index (χ0) is 20.6. The summed E-state index contributed by atoms with van der Waals surface area (Å²) in [6.45, 7) is 5.54. The van der Waals surface area contributed by atoms with Crippen LogP contribution in [0.3, 0.4) is 0 Å². The van der Waals surface area contributed by atoms with Crippen LogP contribution in [0.2, 0.25) is 5.02 Å². The van der Waals surface area contributed by atoms with Crippen LogP contribution in [0.1, 0.15) is 26.7 Å². The summed E-state index contributed by atoms with van der Waals surface area (Å²) in [7, 11) is 0. The molecule has 2 aromatic carbocycles. The number of thioether (sulfide) groups is 1. The number of nitrogens with zero attached hydrogens (tertiary/aromatic N) is 4. The topological polar surface area (TPSA) is 51.0 Å². The zero-order valence-corrected chi connectivity index (χ0v) is 18.3. The molecule has 7 heteroatoms. The van der Waals surface area contributed by atoms with Gasteiger partial charge in [-0.15, -0.1) is 10.2 Å². The van der Waals surface area contributed by atoms with E-state index in [1.807, 2.05) is 73.3 Å². The average molecular weight is 429 g/mol. The molecule has 0 fully saturated rings. The van der Waals surface area contributed by atoms with Crippen molar-refractivity contribution >= 4 is 29.3 Å². The van der Waals surface area contributed by atoms with E-state index in [4.69, 9.17) is 11.6 Å². The van der Waals surface area contributed by atoms with Crippen molar-refractivity contribution in [2.24, 2.45) is 0 Å². The number of hydrogen-bond donors (Lipinski definition) is 0. The van der Waals surface area contributed by atoms with Crippen LogP contribution in [0, 0.1) is 0 Å². The molecule has 1 amide bonds. The van der Waals surface area contributed by atoms with Gasteiger partial charge >= 0.3 is 0 Å². The van der Waals surface area contributed by atoms with Gasteiger partial charge in [-0.3, -0.25) is 9.36 Å². The molecule has 3 aromatic rings. The third-order valence-corrected chi connectivity index (χ3v) is 5.90. The van der Waals surface area contributed by atoms with Crippen molar-refractivity contribution in [1.29, 1.82) is 0 Å². The van der Waals surface area contributed by atoms with E-state index in [1.165, 1.54) is 0 Å². The molecule has 0 atom stereocenters. The third kappa shape index (κ3) is 5.40. The van der Waals surface area contributed by atoms with Gasteiger partial charge in [0.25, 0.3) is 0 Å². The molecule has 0 unspecified atom stereocenters. The van der Waals surface area contributed by atoms with Gasteiger partial charge in [0.05, 0.1) is 0 Å². The lowest BCUT2D eigenvalue weighted by Gasteiger charge is -2.18. The van der Waals surface area contributed by atoms with Gasteiger partial charge < -0.3 is 4.90 Å². The normalized spacial score (nSPS) is 10.9. The van der Waals surface area contributed by atoms with Crippen LogP contribution in [-0.4, -0.2) is 44.4 Å². The summed E-state index contributed by atoms with van der Waals surface area (Å²) in [4.78, 5) is 14.1. The summed E-state index contributed by atoms with van der Waals surface area (Å²) in [6.07, 6.45) is 1.36. The van der Waals surface area contributed by atoms with Crippen molar-refractivity contribution in [2.75, 3.05) is 18.8 Å². The number of halogens is 1. The van der Waals surface area contributed by atoms with E-state index in [0.29, 0.717) is 11.4 Å². The maximum Gasteiger partial charge on any atom is 0.222 e. The number of benzene rings is 2. The van der Waals surface area contributed by atoms with E-state index in [-0.39, 0.29) is 5.91 Å². The van der Waals surface area contributed by atoms with Crippen molar-refractivity contribution in [2.45, 2.75) is 31.8 Å². The van der Waals surface area contributed by atoms with Crippen LogP contribution in [0.5, 0.6) is 0 Å². The second-order valence-electron chi connectivity index (χ2n) is 6.50. The second kappa shape index (κ2) is 10.5. The zero-order valence-electron chi connectivity index (χ0n) is 16.7. The first-order valence-electron chi connectivity index (χ1n) is 9.81. The molecule has 5 nitrogen and oxygen atoms in total. The van der Waals surface area contributed by atoms with Gasteiger partial charge in [-0.1, -0.05) is 41.6 Å². The Balaban J connectivity index is 1.77. The minimum absolute atomic E-state index is 0.210. The Labute approximate surface area is 181 Å². The van der Waals surface area contributed by atoms with Gasteiger partial charge in [0.15, 0.2) is 11.0 Å². The minimum atomic E-state index is 0.210. The number of amides is 1. The highest BCUT2D eigenvalue weighted by atomic mass is 35.5. The van der Waals surface area contributed by atoms with Gasteiger partial charge in [0, 0.05) is 41.5 Å². The highest BCUT2D eigenvalue weighted by Gasteiger charge is 2.16. The van der Waals surface area contributed by atoms with Crippen molar-refractivity contribution in [3.8, 4) is 17.1 Å². The van der Waals surface area contributed by atoms with E-state index in [9.17, 15) is 4.79 Å². The Morgan fingerprint density at radius 3 is 2.38 bits per heavy atom. The fourth-order valence-electron chi connectivity index (χ4n) is 3.08. The number of rotatable bonds is 9. The van der Waals surface area contributed by atoms with Gasteiger partial charge in [0.2, 0.25) is 5.91 Å². The van der Waals surface area contributed by atoms with Crippen LogP contribution >= 0.6 is 23.4 Å². The second-order valence-corrected chi connectivity index (χ2v) is 8.00. The molecule has 0 bridgehead atoms.